The van der Waals surface area contributed by atoms with E-state index in [4.69, 9.17) is 5.11 Å². The van der Waals surface area contributed by atoms with Crippen LogP contribution in [0.4, 0.5) is 0 Å². The maximum atomic E-state index is 9.49. The third-order valence-corrected chi connectivity index (χ3v) is 2.10. The molecule has 0 rings (SSSR count). The monoisotopic (exact) mass is 187 g/mol. The Bertz CT molecular complexity index is 172. The van der Waals surface area contributed by atoms with E-state index < -0.39 is 6.10 Å². The van der Waals surface area contributed by atoms with Crippen LogP contribution in [0.1, 0.15) is 27.2 Å². The second-order valence-corrected chi connectivity index (χ2v) is 4.48. The fourth-order valence-corrected chi connectivity index (χ4v) is 0.927. The summed E-state index contributed by atoms with van der Waals surface area (Å²) in [4.78, 5) is 2.04. The van der Waals surface area contributed by atoms with Crippen LogP contribution in [0.5, 0.6) is 0 Å². The molecule has 0 aromatic heterocycles. The number of hydrogen-bond acceptors (Lipinski definition) is 3. The van der Waals surface area contributed by atoms with Gasteiger partial charge >= 0.3 is 0 Å². The average Bonchev–Trinajstić information content (AvgIpc) is 1.82. The summed E-state index contributed by atoms with van der Waals surface area (Å²) in [6.07, 6.45) is -0.290. The quantitative estimate of drug-likeness (QED) is 0.656. The lowest BCUT2D eigenvalue weighted by Crippen LogP contribution is -2.42. The van der Waals surface area contributed by atoms with Crippen molar-refractivity contribution in [2.75, 3.05) is 13.6 Å². The lowest BCUT2D eigenvalue weighted by molar-refractivity contribution is 0.0730. The largest absolute Gasteiger partial charge is 0.513 e. The van der Waals surface area contributed by atoms with E-state index in [9.17, 15) is 5.11 Å². The summed E-state index contributed by atoms with van der Waals surface area (Å²) in [6.45, 7) is 10.1. The van der Waals surface area contributed by atoms with Crippen LogP contribution in [0.3, 0.4) is 0 Å². The van der Waals surface area contributed by atoms with E-state index in [0.717, 1.165) is 0 Å². The molecule has 0 spiro atoms. The van der Waals surface area contributed by atoms with E-state index in [1.54, 1.807) is 0 Å². The van der Waals surface area contributed by atoms with Gasteiger partial charge in [-0.15, -0.1) is 0 Å². The number of rotatable bonds is 4. The van der Waals surface area contributed by atoms with Crippen LogP contribution in [-0.2, 0) is 0 Å². The molecule has 78 valence electrons. The second kappa shape index (κ2) is 4.63. The van der Waals surface area contributed by atoms with E-state index in [1.165, 1.54) is 0 Å². The summed E-state index contributed by atoms with van der Waals surface area (Å²) in [5.74, 6) is 0.0369. The predicted molar refractivity (Wildman–Crippen MR) is 54.8 cm³/mol. The Labute approximate surface area is 80.7 Å². The normalized spacial score (nSPS) is 14.6. The summed E-state index contributed by atoms with van der Waals surface area (Å²) in [5, 5.41) is 18.4. The van der Waals surface area contributed by atoms with Crippen LogP contribution >= 0.6 is 0 Å². The maximum Gasteiger partial charge on any atom is 0.0877 e. The molecule has 1 unspecified atom stereocenters. The molecule has 0 aliphatic carbocycles. The number of aliphatic hydroxyl groups is 2. The summed E-state index contributed by atoms with van der Waals surface area (Å²) >= 11 is 0. The van der Waals surface area contributed by atoms with Gasteiger partial charge in [-0.25, -0.2) is 0 Å². The molecule has 0 saturated carbocycles. The van der Waals surface area contributed by atoms with Crippen molar-refractivity contribution < 1.29 is 10.2 Å². The van der Waals surface area contributed by atoms with Crippen molar-refractivity contribution in [3.8, 4) is 0 Å². The molecule has 0 aromatic rings. The highest BCUT2D eigenvalue weighted by Crippen LogP contribution is 2.12. The standard InChI is InChI=1S/C10H21NO2/c1-8(12)6-9(13)7-11(5)10(2,3)4/h9,12-13H,1,6-7H2,2-5H3. The van der Waals surface area contributed by atoms with Crippen molar-refractivity contribution in [2.45, 2.75) is 38.8 Å². The molecule has 0 heterocycles. The third-order valence-electron chi connectivity index (χ3n) is 2.10. The lowest BCUT2D eigenvalue weighted by Gasteiger charge is -2.33. The first-order chi connectivity index (χ1) is 5.73. The lowest BCUT2D eigenvalue weighted by atomic mass is 10.1. The van der Waals surface area contributed by atoms with Gasteiger partial charge in [0.05, 0.1) is 11.9 Å². The number of aliphatic hydroxyl groups excluding tert-OH is 2. The highest BCUT2D eigenvalue weighted by Gasteiger charge is 2.19. The molecule has 0 amide bonds. The van der Waals surface area contributed by atoms with Crippen LogP contribution in [0.2, 0.25) is 0 Å². The Kier molecular flexibility index (Phi) is 4.44. The minimum Gasteiger partial charge on any atom is -0.513 e. The van der Waals surface area contributed by atoms with Crippen molar-refractivity contribution >= 4 is 0 Å². The number of β-amino-alcohol motifs (C(OH)–C–C–N with tert-alkyl or cyclic N) is 1. The van der Waals surface area contributed by atoms with Crippen molar-refractivity contribution in [1.82, 2.24) is 4.90 Å². The highest BCUT2D eigenvalue weighted by molar-refractivity contribution is 4.85. The molecule has 0 bridgehead atoms. The van der Waals surface area contributed by atoms with Crippen LogP contribution in [0.15, 0.2) is 12.3 Å². The maximum absolute atomic E-state index is 9.49. The molecular weight excluding hydrogens is 166 g/mol. The number of hydrogen-bond donors (Lipinski definition) is 2. The Hall–Kier alpha value is -0.540. The molecule has 0 saturated heterocycles. The third kappa shape index (κ3) is 5.66. The van der Waals surface area contributed by atoms with Crippen molar-refractivity contribution in [1.29, 1.82) is 0 Å². The van der Waals surface area contributed by atoms with Crippen molar-refractivity contribution in [3.63, 3.8) is 0 Å². The summed E-state index contributed by atoms with van der Waals surface area (Å²) < 4.78 is 0. The van der Waals surface area contributed by atoms with Gasteiger partial charge in [-0.3, -0.25) is 4.90 Å². The van der Waals surface area contributed by atoms with E-state index >= 15 is 0 Å². The van der Waals surface area contributed by atoms with Gasteiger partial charge in [0.1, 0.15) is 0 Å². The Morgan fingerprint density at radius 2 is 1.92 bits per heavy atom. The summed E-state index contributed by atoms with van der Waals surface area (Å²) in [7, 11) is 1.95. The van der Waals surface area contributed by atoms with Gasteiger partial charge in [-0.05, 0) is 27.8 Å². The molecule has 2 N–H and O–H groups in total. The number of nitrogens with zero attached hydrogens (tertiary/aromatic N) is 1. The Morgan fingerprint density at radius 1 is 1.46 bits per heavy atom. The first kappa shape index (κ1) is 12.5. The zero-order valence-electron chi connectivity index (χ0n) is 9.04. The summed E-state index contributed by atoms with van der Waals surface area (Å²) in [5.41, 5.74) is 0.0395. The molecule has 13 heavy (non-hydrogen) atoms. The van der Waals surface area contributed by atoms with Crippen molar-refractivity contribution in [3.05, 3.63) is 12.3 Å². The van der Waals surface area contributed by atoms with E-state index in [2.05, 4.69) is 27.4 Å². The minimum atomic E-state index is -0.540. The SMILES string of the molecule is C=C(O)CC(O)CN(C)C(C)(C)C. The smallest absolute Gasteiger partial charge is 0.0877 e. The fraction of sp³-hybridized carbons (Fsp3) is 0.800. The van der Waals surface area contributed by atoms with Crippen LogP contribution in [-0.4, -0.2) is 40.3 Å². The zero-order chi connectivity index (χ0) is 10.6. The van der Waals surface area contributed by atoms with Gasteiger partial charge in [-0.1, -0.05) is 6.58 Å². The second-order valence-electron chi connectivity index (χ2n) is 4.48. The minimum absolute atomic E-state index is 0.0369. The fourth-order valence-electron chi connectivity index (χ4n) is 0.927. The van der Waals surface area contributed by atoms with E-state index in [1.807, 2.05) is 11.9 Å². The van der Waals surface area contributed by atoms with E-state index in [0.29, 0.717) is 6.54 Å². The molecule has 0 aromatic carbocycles. The van der Waals surface area contributed by atoms with Crippen LogP contribution < -0.4 is 0 Å². The van der Waals surface area contributed by atoms with Gasteiger partial charge in [0.2, 0.25) is 0 Å². The molecule has 0 aliphatic heterocycles. The van der Waals surface area contributed by atoms with Gasteiger partial charge in [0, 0.05) is 18.5 Å². The molecule has 3 nitrogen and oxygen atoms in total. The molecule has 1 atom stereocenters. The van der Waals surface area contributed by atoms with Gasteiger partial charge in [0.15, 0.2) is 0 Å². The molecular formula is C10H21NO2. The first-order valence-corrected chi connectivity index (χ1v) is 4.49. The summed E-state index contributed by atoms with van der Waals surface area (Å²) in [6, 6.07) is 0. The molecule has 0 radical (unpaired) electrons. The Balaban J connectivity index is 3.92. The van der Waals surface area contributed by atoms with Crippen LogP contribution in [0.25, 0.3) is 0 Å². The van der Waals surface area contributed by atoms with E-state index in [-0.39, 0.29) is 17.7 Å². The molecule has 0 aliphatic rings. The van der Waals surface area contributed by atoms with Crippen LogP contribution in [0, 0.1) is 0 Å². The Morgan fingerprint density at radius 3 is 2.23 bits per heavy atom. The highest BCUT2D eigenvalue weighted by atomic mass is 16.3. The topological polar surface area (TPSA) is 43.7 Å². The molecule has 0 fully saturated rings. The van der Waals surface area contributed by atoms with Gasteiger partial charge in [-0.2, -0.15) is 0 Å². The first-order valence-electron chi connectivity index (χ1n) is 4.49. The van der Waals surface area contributed by atoms with Gasteiger partial charge < -0.3 is 10.2 Å². The zero-order valence-corrected chi connectivity index (χ0v) is 9.04. The molecule has 3 heteroatoms. The van der Waals surface area contributed by atoms with Gasteiger partial charge in [0.25, 0.3) is 0 Å². The number of likely N-dealkylation sites (N-methyl/N-ethyl adjacent to an activating group) is 1. The van der Waals surface area contributed by atoms with Crippen molar-refractivity contribution in [2.24, 2.45) is 0 Å². The predicted octanol–water partition coefficient (Wildman–Crippen LogP) is 1.54. The average molecular weight is 187 g/mol.